The summed E-state index contributed by atoms with van der Waals surface area (Å²) in [6, 6.07) is -0.304. The molecule has 1 amide bonds. The molecule has 0 radical (unpaired) electrons. The van der Waals surface area contributed by atoms with Crippen LogP contribution in [-0.4, -0.2) is 72.3 Å². The van der Waals surface area contributed by atoms with Crippen molar-refractivity contribution in [2.45, 2.75) is 32.4 Å². The second-order valence-electron chi connectivity index (χ2n) is 6.00. The van der Waals surface area contributed by atoms with Crippen LogP contribution in [0, 0.1) is 6.92 Å². The second-order valence-corrected chi connectivity index (χ2v) is 9.21. The minimum absolute atomic E-state index is 0.0672. The summed E-state index contributed by atoms with van der Waals surface area (Å²) in [4.78, 5) is 20.9. The summed E-state index contributed by atoms with van der Waals surface area (Å²) < 4.78 is 24.2. The summed E-state index contributed by atoms with van der Waals surface area (Å²) in [7, 11) is -3.08. The van der Waals surface area contributed by atoms with Gasteiger partial charge in [0.25, 0.3) is 5.91 Å². The summed E-state index contributed by atoms with van der Waals surface area (Å²) in [6.07, 6.45) is 0.989. The molecule has 0 aromatic carbocycles. The van der Waals surface area contributed by atoms with Crippen LogP contribution in [-0.2, 0) is 9.84 Å². The summed E-state index contributed by atoms with van der Waals surface area (Å²) in [6.45, 7) is 6.15. The largest absolute Gasteiger partial charge is 0.330 e. The Labute approximate surface area is 135 Å². The van der Waals surface area contributed by atoms with Crippen molar-refractivity contribution in [3.63, 3.8) is 0 Å². The monoisotopic (exact) mass is 343 g/mol. The fraction of sp³-hybridized carbons (Fsp3) is 0.714. The number of nitrogens with zero attached hydrogens (tertiary/aromatic N) is 3. The summed E-state index contributed by atoms with van der Waals surface area (Å²) in [5.41, 5.74) is 0.439. The Morgan fingerprint density at radius 3 is 2.73 bits per heavy atom. The standard InChI is InChI=1S/C14H21N3O3S2/c1-3-4-16-5-6-17(13-9-22(19,20)8-12(13)16)14(18)11-7-21-10(2)15-11/h7,12-13H,3-6,8-9H2,1-2H3. The number of hydrogen-bond donors (Lipinski definition) is 0. The predicted octanol–water partition coefficient (Wildman–Crippen LogP) is 0.785. The molecule has 1 aromatic rings. The maximum Gasteiger partial charge on any atom is 0.273 e. The third-order valence-corrected chi connectivity index (χ3v) is 6.87. The van der Waals surface area contributed by atoms with Gasteiger partial charge in [-0.05, 0) is 19.9 Å². The molecule has 3 heterocycles. The highest BCUT2D eigenvalue weighted by atomic mass is 32.2. The minimum atomic E-state index is -3.08. The lowest BCUT2D eigenvalue weighted by Gasteiger charge is -2.43. The van der Waals surface area contributed by atoms with Gasteiger partial charge in [0.2, 0.25) is 0 Å². The van der Waals surface area contributed by atoms with Crippen molar-refractivity contribution >= 4 is 27.1 Å². The first-order chi connectivity index (χ1) is 10.4. The molecule has 2 fully saturated rings. The number of aryl methyl sites for hydroxylation is 1. The van der Waals surface area contributed by atoms with E-state index in [1.165, 1.54) is 11.3 Å². The molecular weight excluding hydrogens is 322 g/mol. The number of piperazine rings is 1. The molecule has 3 rings (SSSR count). The van der Waals surface area contributed by atoms with Gasteiger partial charge >= 0.3 is 0 Å². The van der Waals surface area contributed by atoms with Crippen molar-refractivity contribution in [2.75, 3.05) is 31.1 Å². The van der Waals surface area contributed by atoms with Crippen LogP contribution in [0.25, 0.3) is 0 Å². The maximum absolute atomic E-state index is 12.7. The van der Waals surface area contributed by atoms with Crippen LogP contribution in [0.5, 0.6) is 0 Å². The lowest BCUT2D eigenvalue weighted by atomic mass is 10.0. The normalized spacial score (nSPS) is 27.8. The van der Waals surface area contributed by atoms with Crippen LogP contribution in [0.4, 0.5) is 0 Å². The summed E-state index contributed by atoms with van der Waals surface area (Å²) in [5, 5.41) is 2.61. The highest BCUT2D eigenvalue weighted by Crippen LogP contribution is 2.28. The maximum atomic E-state index is 12.7. The van der Waals surface area contributed by atoms with E-state index >= 15 is 0 Å². The number of sulfone groups is 1. The van der Waals surface area contributed by atoms with Crippen molar-refractivity contribution in [2.24, 2.45) is 0 Å². The fourth-order valence-corrected chi connectivity index (χ4v) is 6.05. The Hall–Kier alpha value is -0.990. The van der Waals surface area contributed by atoms with E-state index in [9.17, 15) is 13.2 Å². The molecule has 2 saturated heterocycles. The molecule has 0 N–H and O–H groups in total. The van der Waals surface area contributed by atoms with E-state index in [1.54, 1.807) is 10.3 Å². The van der Waals surface area contributed by atoms with Crippen molar-refractivity contribution in [1.29, 1.82) is 0 Å². The van der Waals surface area contributed by atoms with E-state index in [0.717, 1.165) is 24.5 Å². The molecule has 0 aliphatic carbocycles. The fourth-order valence-electron chi connectivity index (χ4n) is 3.45. The molecule has 6 nitrogen and oxygen atoms in total. The molecule has 0 bridgehead atoms. The zero-order valence-electron chi connectivity index (χ0n) is 12.9. The smallest absolute Gasteiger partial charge is 0.273 e. The Morgan fingerprint density at radius 2 is 2.09 bits per heavy atom. The number of aromatic nitrogens is 1. The van der Waals surface area contributed by atoms with Gasteiger partial charge in [-0.1, -0.05) is 6.92 Å². The highest BCUT2D eigenvalue weighted by Gasteiger charge is 2.48. The van der Waals surface area contributed by atoms with Crippen LogP contribution in [0.2, 0.25) is 0 Å². The van der Waals surface area contributed by atoms with Gasteiger partial charge in [-0.3, -0.25) is 9.69 Å². The van der Waals surface area contributed by atoms with E-state index < -0.39 is 9.84 Å². The molecule has 8 heteroatoms. The zero-order valence-corrected chi connectivity index (χ0v) is 14.5. The van der Waals surface area contributed by atoms with E-state index in [4.69, 9.17) is 0 Å². The average molecular weight is 343 g/mol. The van der Waals surface area contributed by atoms with Crippen LogP contribution in [0.3, 0.4) is 0 Å². The zero-order chi connectivity index (χ0) is 15.9. The molecule has 2 aliphatic heterocycles. The molecule has 22 heavy (non-hydrogen) atoms. The summed E-state index contributed by atoms with van der Waals surface area (Å²) in [5.74, 6) is 0.109. The van der Waals surface area contributed by atoms with Crippen molar-refractivity contribution < 1.29 is 13.2 Å². The SMILES string of the molecule is CCCN1CCN(C(=O)c2csc(C)n2)C2CS(=O)(=O)CC21. The highest BCUT2D eigenvalue weighted by molar-refractivity contribution is 7.91. The number of carbonyl (C=O) groups is 1. The topological polar surface area (TPSA) is 70.6 Å². The number of hydrogen-bond acceptors (Lipinski definition) is 6. The summed E-state index contributed by atoms with van der Waals surface area (Å²) >= 11 is 1.44. The van der Waals surface area contributed by atoms with Gasteiger partial charge in [0, 0.05) is 24.5 Å². The van der Waals surface area contributed by atoms with Crippen LogP contribution in [0.15, 0.2) is 5.38 Å². The second kappa shape index (κ2) is 5.90. The third kappa shape index (κ3) is 2.91. The Morgan fingerprint density at radius 1 is 1.36 bits per heavy atom. The molecular formula is C14H21N3O3S2. The van der Waals surface area contributed by atoms with Gasteiger partial charge in [0.15, 0.2) is 9.84 Å². The molecule has 122 valence electrons. The molecule has 2 aliphatic rings. The van der Waals surface area contributed by atoms with Gasteiger partial charge in [-0.25, -0.2) is 13.4 Å². The lowest BCUT2D eigenvalue weighted by Crippen LogP contribution is -2.60. The number of carbonyl (C=O) groups excluding carboxylic acids is 1. The van der Waals surface area contributed by atoms with E-state index in [1.807, 2.05) is 6.92 Å². The first kappa shape index (κ1) is 15.9. The van der Waals surface area contributed by atoms with Gasteiger partial charge in [0.05, 0.1) is 22.6 Å². The number of amides is 1. The first-order valence-corrected chi connectivity index (χ1v) is 10.3. The van der Waals surface area contributed by atoms with Crippen LogP contribution < -0.4 is 0 Å². The number of rotatable bonds is 3. The van der Waals surface area contributed by atoms with Gasteiger partial charge in [-0.15, -0.1) is 11.3 Å². The predicted molar refractivity (Wildman–Crippen MR) is 86.0 cm³/mol. The average Bonchev–Trinajstić information content (AvgIpc) is 3.01. The lowest BCUT2D eigenvalue weighted by molar-refractivity contribution is 0.0329. The Kier molecular flexibility index (Phi) is 4.26. The molecule has 0 spiro atoms. The molecule has 2 atom stereocenters. The third-order valence-electron chi connectivity index (χ3n) is 4.40. The van der Waals surface area contributed by atoms with Crippen molar-refractivity contribution in [3.8, 4) is 0 Å². The quantitative estimate of drug-likeness (QED) is 0.811. The van der Waals surface area contributed by atoms with Crippen molar-refractivity contribution in [3.05, 3.63) is 16.1 Å². The van der Waals surface area contributed by atoms with Gasteiger partial charge in [-0.2, -0.15) is 0 Å². The molecule has 2 unspecified atom stereocenters. The number of thiazole rings is 1. The van der Waals surface area contributed by atoms with Gasteiger partial charge in [0.1, 0.15) is 5.69 Å². The first-order valence-electron chi connectivity index (χ1n) is 7.59. The minimum Gasteiger partial charge on any atom is -0.330 e. The van der Waals surface area contributed by atoms with Crippen LogP contribution >= 0.6 is 11.3 Å². The Bertz CT molecular complexity index is 671. The van der Waals surface area contributed by atoms with E-state index in [2.05, 4.69) is 16.8 Å². The van der Waals surface area contributed by atoms with E-state index in [-0.39, 0.29) is 29.5 Å². The number of fused-ring (bicyclic) bond motifs is 1. The molecule has 0 saturated carbocycles. The van der Waals surface area contributed by atoms with Crippen molar-refractivity contribution in [1.82, 2.24) is 14.8 Å². The van der Waals surface area contributed by atoms with Crippen LogP contribution in [0.1, 0.15) is 28.8 Å². The molecule has 1 aromatic heterocycles. The van der Waals surface area contributed by atoms with Gasteiger partial charge < -0.3 is 4.90 Å². The Balaban J connectivity index is 1.86. The van der Waals surface area contributed by atoms with E-state index in [0.29, 0.717) is 12.2 Å².